The smallest absolute Gasteiger partial charge is 0.487 e. The summed E-state index contributed by atoms with van der Waals surface area (Å²) in [4.78, 5) is 46.2. The number of ether oxygens (including phenoxy) is 2. The highest BCUT2D eigenvalue weighted by Gasteiger charge is 2.32. The summed E-state index contributed by atoms with van der Waals surface area (Å²) in [6.45, 7) is 6.51. The molecule has 2 amide bonds. The first-order valence-corrected chi connectivity index (χ1v) is 17.5. The monoisotopic (exact) mass is 755 g/mol. The maximum Gasteiger partial charge on any atom is 0.573 e. The first-order valence-electron chi connectivity index (χ1n) is 16.5. The molecule has 0 fully saturated rings. The lowest BCUT2D eigenvalue weighted by molar-refractivity contribution is -0.275. The van der Waals surface area contributed by atoms with Crippen LogP contribution in [-0.2, 0) is 21.9 Å². The molecule has 0 saturated carbocycles. The van der Waals surface area contributed by atoms with Crippen LogP contribution in [0.3, 0.4) is 0 Å². The van der Waals surface area contributed by atoms with Crippen LogP contribution in [0.1, 0.15) is 71.9 Å². The number of rotatable bonds is 16. The van der Waals surface area contributed by atoms with Gasteiger partial charge >= 0.3 is 18.3 Å². The fourth-order valence-electron chi connectivity index (χ4n) is 4.51. The zero-order chi connectivity index (χ0) is 39.0. The molecule has 0 bridgehead atoms. The second-order valence-electron chi connectivity index (χ2n) is 11.2. The Balaban J connectivity index is 0.000000286. The number of thioether (sulfide) groups is 1. The topological polar surface area (TPSA) is 163 Å². The third kappa shape index (κ3) is 13.7. The van der Waals surface area contributed by atoms with Gasteiger partial charge in [-0.25, -0.2) is 9.59 Å². The van der Waals surface area contributed by atoms with Crippen LogP contribution in [0.4, 0.5) is 30.2 Å². The number of hydrogen-bond acceptors (Lipinski definition) is 8. The molecule has 0 aliphatic heterocycles. The number of benzene rings is 4. The number of para-hydroxylation sites is 3. The average Bonchev–Trinajstić information content (AvgIpc) is 3.13. The van der Waals surface area contributed by atoms with Crippen molar-refractivity contribution in [2.75, 3.05) is 22.5 Å². The summed E-state index contributed by atoms with van der Waals surface area (Å²) in [6.07, 6.45) is -3.31. The summed E-state index contributed by atoms with van der Waals surface area (Å²) in [5, 5.41) is 27.1. The second-order valence-corrected chi connectivity index (χ2v) is 12.2. The third-order valence-electron chi connectivity index (χ3n) is 7.14. The Bertz CT molecular complexity index is 1890. The van der Waals surface area contributed by atoms with E-state index in [1.807, 2.05) is 24.3 Å². The van der Waals surface area contributed by atoms with Gasteiger partial charge in [0.15, 0.2) is 0 Å². The Labute approximate surface area is 308 Å². The number of anilines is 3. The number of hydrogen-bond donors (Lipinski definition) is 5. The largest absolute Gasteiger partial charge is 0.573 e. The minimum atomic E-state index is -4.80. The number of nitrogens with one attached hydrogen (secondary N) is 3. The highest BCUT2D eigenvalue weighted by atomic mass is 32.2. The summed E-state index contributed by atoms with van der Waals surface area (Å²) >= 11 is 1.08. The summed E-state index contributed by atoms with van der Waals surface area (Å²) in [7, 11) is 0. The van der Waals surface area contributed by atoms with E-state index in [-0.39, 0.29) is 70.2 Å². The predicted octanol–water partition coefficient (Wildman–Crippen LogP) is 9.06. The number of carbonyl (C=O) groups excluding carboxylic acids is 2. The lowest BCUT2D eigenvalue weighted by Gasteiger charge is -2.14. The first kappa shape index (κ1) is 41.7. The highest BCUT2D eigenvalue weighted by molar-refractivity contribution is 7.98. The van der Waals surface area contributed by atoms with Crippen LogP contribution < -0.4 is 25.4 Å². The molecular weight excluding hydrogens is 715 g/mol. The van der Waals surface area contributed by atoms with E-state index in [1.54, 1.807) is 38.1 Å². The van der Waals surface area contributed by atoms with E-state index in [9.17, 15) is 42.6 Å². The van der Waals surface area contributed by atoms with Crippen LogP contribution in [0.25, 0.3) is 0 Å². The SMILES string of the molecule is CCC(=O)Nc1ccc(CSc2ccccc2OC(F)(F)F)cc1C(=O)O.CCCNc1ccccc1OCc1ccc(NC(=O)CC)c(C(=O)O)c1. The van der Waals surface area contributed by atoms with Crippen molar-refractivity contribution in [3.05, 3.63) is 107 Å². The molecule has 5 N–H and O–H groups in total. The van der Waals surface area contributed by atoms with Gasteiger partial charge in [0.05, 0.1) is 33.1 Å². The fourth-order valence-corrected chi connectivity index (χ4v) is 5.44. The predicted molar refractivity (Wildman–Crippen MR) is 197 cm³/mol. The molecule has 0 aliphatic rings. The van der Waals surface area contributed by atoms with Gasteiger partial charge in [0, 0.05) is 25.1 Å². The average molecular weight is 756 g/mol. The van der Waals surface area contributed by atoms with Gasteiger partial charge in [-0.15, -0.1) is 24.9 Å². The van der Waals surface area contributed by atoms with Crippen molar-refractivity contribution in [1.82, 2.24) is 0 Å². The van der Waals surface area contributed by atoms with Crippen molar-refractivity contribution in [2.45, 2.75) is 63.7 Å². The molecular formula is C38H40F3N3O8S. The quantitative estimate of drug-likeness (QED) is 0.0698. The molecule has 4 aromatic carbocycles. The number of carboxylic acids is 2. The molecule has 0 saturated heterocycles. The summed E-state index contributed by atoms with van der Waals surface area (Å²) in [5.41, 5.74) is 2.61. The molecule has 53 heavy (non-hydrogen) atoms. The van der Waals surface area contributed by atoms with Gasteiger partial charge < -0.3 is 35.6 Å². The van der Waals surface area contributed by atoms with Crippen molar-refractivity contribution >= 4 is 52.6 Å². The van der Waals surface area contributed by atoms with Crippen LogP contribution in [0.5, 0.6) is 11.5 Å². The number of carboxylic acid groups (broad SMARTS) is 2. The van der Waals surface area contributed by atoms with Crippen molar-refractivity contribution in [3.8, 4) is 11.5 Å². The zero-order valence-electron chi connectivity index (χ0n) is 29.2. The maximum atomic E-state index is 12.5. The normalized spacial score (nSPS) is 10.7. The van der Waals surface area contributed by atoms with Gasteiger partial charge in [0.1, 0.15) is 18.1 Å². The van der Waals surface area contributed by atoms with E-state index in [1.165, 1.54) is 36.4 Å². The molecule has 0 aliphatic carbocycles. The summed E-state index contributed by atoms with van der Waals surface area (Å²) < 4.78 is 47.3. The Morgan fingerprint density at radius 1 is 0.698 bits per heavy atom. The van der Waals surface area contributed by atoms with Gasteiger partial charge in [-0.05, 0) is 66.1 Å². The highest BCUT2D eigenvalue weighted by Crippen LogP contribution is 2.35. The van der Waals surface area contributed by atoms with E-state index in [0.717, 1.165) is 30.4 Å². The number of carbonyl (C=O) groups is 4. The number of alkyl halides is 3. The van der Waals surface area contributed by atoms with E-state index < -0.39 is 18.3 Å². The molecule has 0 aromatic heterocycles. The Hall–Kier alpha value is -5.70. The number of aromatic carboxylic acids is 2. The van der Waals surface area contributed by atoms with Crippen LogP contribution in [0.15, 0.2) is 89.8 Å². The Morgan fingerprint density at radius 2 is 1.23 bits per heavy atom. The molecule has 0 atom stereocenters. The number of halogens is 3. The van der Waals surface area contributed by atoms with Gasteiger partial charge in [-0.1, -0.05) is 57.2 Å². The van der Waals surface area contributed by atoms with Crippen molar-refractivity contribution in [3.63, 3.8) is 0 Å². The van der Waals surface area contributed by atoms with Gasteiger partial charge in [-0.2, -0.15) is 0 Å². The van der Waals surface area contributed by atoms with Crippen molar-refractivity contribution in [1.29, 1.82) is 0 Å². The summed E-state index contributed by atoms with van der Waals surface area (Å²) in [5.74, 6) is -2.25. The van der Waals surface area contributed by atoms with Gasteiger partial charge in [0.25, 0.3) is 0 Å². The lowest BCUT2D eigenvalue weighted by atomic mass is 10.1. The molecule has 15 heteroatoms. The second kappa shape index (κ2) is 20.4. The Morgan fingerprint density at radius 3 is 1.77 bits per heavy atom. The van der Waals surface area contributed by atoms with Crippen LogP contribution in [0, 0.1) is 0 Å². The van der Waals surface area contributed by atoms with Crippen LogP contribution in [0.2, 0.25) is 0 Å². The summed E-state index contributed by atoms with van der Waals surface area (Å²) in [6, 6.07) is 22.7. The molecule has 0 spiro atoms. The van der Waals surface area contributed by atoms with E-state index in [2.05, 4.69) is 27.6 Å². The fraction of sp³-hybridized carbons (Fsp3) is 0.263. The molecule has 0 unspecified atom stereocenters. The molecule has 282 valence electrons. The molecule has 4 aromatic rings. The minimum Gasteiger partial charge on any atom is -0.487 e. The third-order valence-corrected chi connectivity index (χ3v) is 8.26. The Kier molecular flexibility index (Phi) is 16.0. The maximum absolute atomic E-state index is 12.5. The van der Waals surface area contributed by atoms with Crippen molar-refractivity contribution < 1.29 is 52.0 Å². The number of amides is 2. The van der Waals surface area contributed by atoms with E-state index in [4.69, 9.17) is 4.74 Å². The zero-order valence-corrected chi connectivity index (χ0v) is 30.0. The van der Waals surface area contributed by atoms with Gasteiger partial charge in [-0.3, -0.25) is 9.59 Å². The minimum absolute atomic E-state index is 0.0466. The van der Waals surface area contributed by atoms with E-state index in [0.29, 0.717) is 16.9 Å². The van der Waals surface area contributed by atoms with Gasteiger partial charge in [0.2, 0.25) is 11.8 Å². The molecule has 0 radical (unpaired) electrons. The molecule has 11 nitrogen and oxygen atoms in total. The van der Waals surface area contributed by atoms with Crippen molar-refractivity contribution in [2.24, 2.45) is 0 Å². The van der Waals surface area contributed by atoms with Crippen LogP contribution >= 0.6 is 11.8 Å². The van der Waals surface area contributed by atoms with E-state index >= 15 is 0 Å². The first-order chi connectivity index (χ1) is 25.2. The molecule has 4 rings (SSSR count). The van der Waals surface area contributed by atoms with Crippen LogP contribution in [-0.4, -0.2) is 46.9 Å². The molecule has 0 heterocycles. The standard InChI is InChI=1S/C20H24N2O4.C18H16F3NO4S/c1-3-11-21-17-7-5-6-8-18(17)26-13-14-9-10-16(22-19(23)4-2)15(12-14)20(24)25;1-2-16(23)22-13-8-7-11(9-12(13)17(24)25)10-27-15-6-4-3-5-14(15)26-18(19,20)21/h5-10,12,21H,3-4,11,13H2,1-2H3,(H,22,23)(H,24,25);3-9H,2,10H2,1H3,(H,22,23)(H,24,25). The lowest BCUT2D eigenvalue weighted by Crippen LogP contribution is -2.17.